The van der Waals surface area contributed by atoms with Crippen LogP contribution in [0.15, 0.2) is 35.9 Å². The molecule has 4 heterocycles. The maximum atomic E-state index is 13.6. The Kier molecular flexibility index (Phi) is 5.07. The number of ether oxygens (including phenoxy) is 4. The minimum atomic E-state index is -1.71. The van der Waals surface area contributed by atoms with Gasteiger partial charge in [-0.1, -0.05) is 32.0 Å². The summed E-state index contributed by atoms with van der Waals surface area (Å²) in [5.74, 6) is -1.35. The Hall–Kier alpha value is -2.72. The molecule has 8 rings (SSSR count). The normalized spacial score (nSPS) is 42.3. The van der Waals surface area contributed by atoms with E-state index < -0.39 is 46.1 Å². The van der Waals surface area contributed by atoms with Gasteiger partial charge < -0.3 is 33.9 Å². The monoisotopic (exact) mass is 562 g/mol. The van der Waals surface area contributed by atoms with Crippen LogP contribution in [0, 0.1) is 11.3 Å². The van der Waals surface area contributed by atoms with E-state index in [1.54, 1.807) is 11.0 Å². The molecule has 3 aliphatic heterocycles. The van der Waals surface area contributed by atoms with Gasteiger partial charge in [0.05, 0.1) is 13.2 Å². The van der Waals surface area contributed by atoms with Gasteiger partial charge in [0.2, 0.25) is 0 Å². The number of morpholine rings is 1. The van der Waals surface area contributed by atoms with Crippen molar-refractivity contribution in [3.63, 3.8) is 0 Å². The number of fused-ring (bicyclic) bond motifs is 9. The molecule has 3 aliphatic carbocycles. The van der Waals surface area contributed by atoms with E-state index in [1.165, 1.54) is 10.9 Å². The number of amides is 1. The number of aromatic nitrogens is 1. The van der Waals surface area contributed by atoms with E-state index in [4.69, 9.17) is 18.9 Å². The van der Waals surface area contributed by atoms with Crippen molar-refractivity contribution in [3.05, 3.63) is 47.2 Å². The van der Waals surface area contributed by atoms with Crippen molar-refractivity contribution in [2.24, 2.45) is 11.3 Å². The molecule has 2 bridgehead atoms. The fraction of sp³-hybridized carbons (Fsp3) is 0.625. The first-order valence-electron chi connectivity index (χ1n) is 14.9. The van der Waals surface area contributed by atoms with E-state index in [0.29, 0.717) is 51.1 Å². The lowest BCUT2D eigenvalue weighted by Gasteiger charge is -2.67. The fourth-order valence-corrected chi connectivity index (χ4v) is 9.47. The molecule has 0 unspecified atom stereocenters. The van der Waals surface area contributed by atoms with Crippen LogP contribution in [-0.4, -0.2) is 82.4 Å². The highest BCUT2D eigenvalue weighted by molar-refractivity contribution is 5.97. The molecule has 41 heavy (non-hydrogen) atoms. The molecule has 6 aliphatic rings. The lowest BCUT2D eigenvalue weighted by Crippen LogP contribution is -2.75. The van der Waals surface area contributed by atoms with Gasteiger partial charge in [-0.2, -0.15) is 0 Å². The summed E-state index contributed by atoms with van der Waals surface area (Å²) in [6.45, 7) is 9.85. The van der Waals surface area contributed by atoms with Crippen molar-refractivity contribution < 1.29 is 33.6 Å². The van der Waals surface area contributed by atoms with Crippen LogP contribution in [0.3, 0.4) is 0 Å². The van der Waals surface area contributed by atoms with Crippen LogP contribution >= 0.6 is 0 Å². The topological polar surface area (TPSA) is 110 Å². The summed E-state index contributed by atoms with van der Waals surface area (Å²) in [5.41, 5.74) is 0.0129. The summed E-state index contributed by atoms with van der Waals surface area (Å²) in [6.07, 6.45) is 1.78. The average Bonchev–Trinajstić information content (AvgIpc) is 3.54. The molecular weight excluding hydrogens is 524 g/mol. The number of carbonyl (C=O) groups excluding carboxylic acids is 2. The summed E-state index contributed by atoms with van der Waals surface area (Å²) in [5, 5.41) is 14.5. The highest BCUT2D eigenvalue weighted by Gasteiger charge is 2.78. The van der Waals surface area contributed by atoms with Gasteiger partial charge in [0.1, 0.15) is 17.3 Å². The van der Waals surface area contributed by atoms with Crippen molar-refractivity contribution in [3.8, 4) is 0 Å². The first-order chi connectivity index (χ1) is 19.4. The second-order valence-electron chi connectivity index (χ2n) is 13.9. The zero-order valence-electron chi connectivity index (χ0n) is 24.1. The van der Waals surface area contributed by atoms with Gasteiger partial charge in [-0.15, -0.1) is 0 Å². The molecule has 9 heteroatoms. The van der Waals surface area contributed by atoms with Crippen molar-refractivity contribution >= 4 is 22.8 Å². The standard InChI is InChI=1S/C32H38N2O7/c1-28(2)26-22(35)17-23-31(40-26,41-28)10-9-29(3)30(4)18(15-20-19-7-5-6-8-21(19)33-25(20)30)16-24(32(23,29)37)39-27(36)34-11-13-38-14-12-34/h5-8,17-18,24,26,33,37H,9-16H2,1-4H3/t18-,24+,26+,29-,30-,31+,32+/m1/s1. The summed E-state index contributed by atoms with van der Waals surface area (Å²) in [6, 6.07) is 8.33. The number of H-pyrrole nitrogens is 1. The first-order valence-corrected chi connectivity index (χ1v) is 14.9. The lowest BCUT2D eigenvalue weighted by atomic mass is 9.41. The Morgan fingerprint density at radius 3 is 2.66 bits per heavy atom. The van der Waals surface area contributed by atoms with Crippen LogP contribution in [0.5, 0.6) is 0 Å². The molecule has 2 aromatic rings. The molecule has 1 aromatic heterocycles. The second kappa shape index (κ2) is 8.01. The molecule has 7 atom stereocenters. The SMILES string of the molecule is CC1(C)O[C@@]23CC[C@]4(C)[C@@]5(C)c6[nH]c7ccccc7c6C[C@@H]5C[C@H](OC(=O)N5CCOCC5)[C@@]4(O)C2=CC(=O)[C@@H]1O3. The van der Waals surface area contributed by atoms with E-state index in [9.17, 15) is 14.7 Å². The minimum Gasteiger partial charge on any atom is -0.443 e. The van der Waals surface area contributed by atoms with Crippen molar-refractivity contribution in [1.82, 2.24) is 9.88 Å². The van der Waals surface area contributed by atoms with Gasteiger partial charge in [0.25, 0.3) is 0 Å². The van der Waals surface area contributed by atoms with Crippen LogP contribution in [-0.2, 0) is 35.6 Å². The van der Waals surface area contributed by atoms with Gasteiger partial charge in [0.15, 0.2) is 17.7 Å². The Bertz CT molecular complexity index is 1520. The predicted octanol–water partition coefficient (Wildman–Crippen LogP) is 3.77. The third-order valence-corrected chi connectivity index (χ3v) is 11.8. The number of nitrogens with one attached hydrogen (secondary N) is 1. The zero-order valence-corrected chi connectivity index (χ0v) is 24.1. The van der Waals surface area contributed by atoms with E-state index in [0.717, 1.165) is 17.6 Å². The number of aromatic amines is 1. The number of para-hydroxylation sites is 1. The summed E-state index contributed by atoms with van der Waals surface area (Å²) >= 11 is 0. The lowest BCUT2D eigenvalue weighted by molar-refractivity contribution is -0.274. The molecule has 0 radical (unpaired) electrons. The Morgan fingerprint density at radius 2 is 1.88 bits per heavy atom. The van der Waals surface area contributed by atoms with Gasteiger partial charge in [-0.25, -0.2) is 4.79 Å². The van der Waals surface area contributed by atoms with Gasteiger partial charge in [-0.3, -0.25) is 4.79 Å². The van der Waals surface area contributed by atoms with Crippen LogP contribution in [0.25, 0.3) is 10.9 Å². The van der Waals surface area contributed by atoms with Gasteiger partial charge in [0, 0.05) is 52.5 Å². The molecule has 2 saturated carbocycles. The van der Waals surface area contributed by atoms with E-state index in [1.807, 2.05) is 19.9 Å². The number of nitrogens with zero attached hydrogens (tertiary/aromatic N) is 1. The Labute approximate surface area is 239 Å². The number of aliphatic hydroxyl groups is 1. The van der Waals surface area contributed by atoms with Crippen LogP contribution in [0.1, 0.15) is 58.2 Å². The van der Waals surface area contributed by atoms with Gasteiger partial charge >= 0.3 is 6.09 Å². The molecule has 2 N–H and O–H groups in total. The number of carbonyl (C=O) groups is 2. The second-order valence-corrected chi connectivity index (χ2v) is 13.9. The van der Waals surface area contributed by atoms with Gasteiger partial charge in [-0.05, 0) is 56.7 Å². The quantitative estimate of drug-likeness (QED) is 0.545. The largest absolute Gasteiger partial charge is 0.443 e. The van der Waals surface area contributed by atoms with E-state index >= 15 is 0 Å². The molecule has 1 aromatic carbocycles. The zero-order chi connectivity index (χ0) is 28.6. The Balaban J connectivity index is 1.30. The number of rotatable bonds is 1. The van der Waals surface area contributed by atoms with E-state index in [-0.39, 0.29) is 11.7 Å². The Morgan fingerprint density at radius 1 is 1.12 bits per heavy atom. The highest BCUT2D eigenvalue weighted by Crippen LogP contribution is 2.72. The molecule has 2 saturated heterocycles. The van der Waals surface area contributed by atoms with Crippen LogP contribution < -0.4 is 0 Å². The molecular formula is C32H38N2O7. The minimum absolute atomic E-state index is 0.115. The molecule has 1 spiro atoms. The molecule has 218 valence electrons. The number of hydrogen-bond acceptors (Lipinski definition) is 7. The predicted molar refractivity (Wildman–Crippen MR) is 148 cm³/mol. The molecule has 9 nitrogen and oxygen atoms in total. The maximum absolute atomic E-state index is 13.6. The van der Waals surface area contributed by atoms with Crippen LogP contribution in [0.4, 0.5) is 4.79 Å². The highest BCUT2D eigenvalue weighted by atomic mass is 16.8. The average molecular weight is 563 g/mol. The maximum Gasteiger partial charge on any atom is 0.410 e. The van der Waals surface area contributed by atoms with E-state index in [2.05, 4.69) is 37.0 Å². The summed E-state index contributed by atoms with van der Waals surface area (Å²) in [7, 11) is 0. The van der Waals surface area contributed by atoms with Crippen LogP contribution in [0.2, 0.25) is 0 Å². The van der Waals surface area contributed by atoms with Crippen molar-refractivity contribution in [1.29, 1.82) is 0 Å². The smallest absolute Gasteiger partial charge is 0.410 e. The fourth-order valence-electron chi connectivity index (χ4n) is 9.47. The van der Waals surface area contributed by atoms with Crippen molar-refractivity contribution in [2.75, 3.05) is 26.3 Å². The summed E-state index contributed by atoms with van der Waals surface area (Å²) < 4.78 is 24.8. The first kappa shape index (κ1) is 25.9. The molecule has 4 fully saturated rings. The third-order valence-electron chi connectivity index (χ3n) is 11.8. The molecule has 1 amide bonds. The summed E-state index contributed by atoms with van der Waals surface area (Å²) in [4.78, 5) is 32.5. The number of benzene rings is 1. The number of hydrogen-bond donors (Lipinski definition) is 2. The van der Waals surface area contributed by atoms with Crippen molar-refractivity contribution in [2.45, 2.75) is 88.0 Å². The number of ketones is 1. The third kappa shape index (κ3) is 3.00.